The van der Waals surface area contributed by atoms with Gasteiger partial charge in [-0.3, -0.25) is 0 Å². The van der Waals surface area contributed by atoms with Crippen LogP contribution in [-0.4, -0.2) is 15.0 Å². The van der Waals surface area contributed by atoms with Crippen LogP contribution in [0.15, 0.2) is 130 Å². The fourth-order valence-electron chi connectivity index (χ4n) is 6.02. The van der Waals surface area contributed by atoms with E-state index < -0.39 is 0 Å². The number of rotatable bonds is 3. The van der Waals surface area contributed by atoms with Crippen LogP contribution in [0.5, 0.6) is 0 Å². The van der Waals surface area contributed by atoms with Gasteiger partial charge in [0.25, 0.3) is 0 Å². The molecule has 0 N–H and O–H groups in total. The van der Waals surface area contributed by atoms with Crippen molar-refractivity contribution in [1.29, 1.82) is 0 Å². The van der Waals surface area contributed by atoms with Crippen LogP contribution >= 0.6 is 11.6 Å². The predicted molar refractivity (Wildman–Crippen MR) is 173 cm³/mol. The zero-order valence-electron chi connectivity index (χ0n) is 22.6. The number of para-hydroxylation sites is 1. The molecule has 0 saturated heterocycles. The highest BCUT2D eigenvalue weighted by atomic mass is 35.5. The lowest BCUT2D eigenvalue weighted by molar-refractivity contribution is 0.668. The average molecular weight is 574 g/mol. The Morgan fingerprint density at radius 2 is 1.05 bits per heavy atom. The minimum atomic E-state index is 0.557. The van der Waals surface area contributed by atoms with E-state index in [2.05, 4.69) is 36.4 Å². The fraction of sp³-hybridized carbons (Fsp3) is 0. The molecule has 0 amide bonds. The molecule has 0 unspecified atom stereocenters. The number of benzene rings is 6. The quantitative estimate of drug-likeness (QED) is 0.210. The summed E-state index contributed by atoms with van der Waals surface area (Å²) in [5, 5.41) is 6.77. The minimum absolute atomic E-state index is 0.557. The minimum Gasteiger partial charge on any atom is -0.456 e. The van der Waals surface area contributed by atoms with Crippen LogP contribution < -0.4 is 0 Å². The van der Waals surface area contributed by atoms with Crippen LogP contribution in [0.4, 0.5) is 0 Å². The lowest BCUT2D eigenvalue weighted by Gasteiger charge is -2.10. The highest BCUT2D eigenvalue weighted by Crippen LogP contribution is 2.39. The number of furan rings is 2. The van der Waals surface area contributed by atoms with Crippen molar-refractivity contribution in [3.63, 3.8) is 0 Å². The molecule has 0 atom stereocenters. The van der Waals surface area contributed by atoms with E-state index in [1.807, 2.05) is 84.9 Å². The van der Waals surface area contributed by atoms with E-state index >= 15 is 0 Å². The van der Waals surface area contributed by atoms with Crippen LogP contribution in [-0.2, 0) is 0 Å². The van der Waals surface area contributed by atoms with Crippen molar-refractivity contribution in [2.45, 2.75) is 0 Å². The van der Waals surface area contributed by atoms with Gasteiger partial charge >= 0.3 is 0 Å². The maximum absolute atomic E-state index is 6.30. The smallest absolute Gasteiger partial charge is 0.164 e. The number of halogens is 1. The van der Waals surface area contributed by atoms with Crippen molar-refractivity contribution < 1.29 is 8.83 Å². The van der Waals surface area contributed by atoms with E-state index in [1.165, 1.54) is 0 Å². The van der Waals surface area contributed by atoms with Crippen LogP contribution in [0.3, 0.4) is 0 Å². The molecular formula is C37H20ClN3O2. The molecule has 6 heteroatoms. The molecule has 9 rings (SSSR count). The standard InChI is InChI=1S/C37H20ClN3O2/c38-24-17-18-26-32(20-24)43-31-14-6-11-28(34(26)31)37-40-35(23-16-15-21-7-1-2-8-22(21)19-23)39-36(41-37)27-10-5-13-30-33(27)25-9-3-4-12-29(25)42-30/h1-20H. The normalized spacial score (nSPS) is 11.8. The van der Waals surface area contributed by atoms with Gasteiger partial charge in [0, 0.05) is 49.3 Å². The maximum atomic E-state index is 6.30. The maximum Gasteiger partial charge on any atom is 0.164 e. The zero-order valence-corrected chi connectivity index (χ0v) is 23.3. The Morgan fingerprint density at radius 3 is 1.81 bits per heavy atom. The van der Waals surface area contributed by atoms with Crippen molar-refractivity contribution in [3.05, 3.63) is 126 Å². The highest BCUT2D eigenvalue weighted by Gasteiger charge is 2.20. The first kappa shape index (κ1) is 24.1. The van der Waals surface area contributed by atoms with Crippen molar-refractivity contribution in [3.8, 4) is 34.2 Å². The molecule has 0 saturated carbocycles. The van der Waals surface area contributed by atoms with Gasteiger partial charge in [0.2, 0.25) is 0 Å². The molecule has 3 aromatic heterocycles. The van der Waals surface area contributed by atoms with Crippen molar-refractivity contribution in [2.24, 2.45) is 0 Å². The van der Waals surface area contributed by atoms with Crippen LogP contribution in [0.25, 0.3) is 88.8 Å². The van der Waals surface area contributed by atoms with E-state index in [4.69, 9.17) is 35.4 Å². The first-order chi connectivity index (χ1) is 21.2. The highest BCUT2D eigenvalue weighted by molar-refractivity contribution is 6.31. The zero-order chi connectivity index (χ0) is 28.5. The Hall–Kier alpha value is -5.52. The molecule has 0 aliphatic carbocycles. The number of hydrogen-bond acceptors (Lipinski definition) is 5. The molecule has 0 radical (unpaired) electrons. The van der Waals surface area contributed by atoms with Crippen molar-refractivity contribution in [2.75, 3.05) is 0 Å². The van der Waals surface area contributed by atoms with E-state index in [0.717, 1.165) is 65.8 Å². The van der Waals surface area contributed by atoms with Crippen LogP contribution in [0.1, 0.15) is 0 Å². The van der Waals surface area contributed by atoms with Gasteiger partial charge in [-0.1, -0.05) is 90.5 Å². The molecule has 0 fully saturated rings. The summed E-state index contributed by atoms with van der Waals surface area (Å²) in [6, 6.07) is 40.3. The third-order valence-electron chi connectivity index (χ3n) is 7.99. The Bertz CT molecular complexity index is 2550. The van der Waals surface area contributed by atoms with Gasteiger partial charge in [-0.2, -0.15) is 0 Å². The molecule has 3 heterocycles. The van der Waals surface area contributed by atoms with Gasteiger partial charge in [-0.25, -0.2) is 15.0 Å². The largest absolute Gasteiger partial charge is 0.456 e. The van der Waals surface area contributed by atoms with Gasteiger partial charge in [0.15, 0.2) is 17.5 Å². The number of hydrogen-bond donors (Lipinski definition) is 0. The van der Waals surface area contributed by atoms with Gasteiger partial charge in [-0.05, 0) is 47.2 Å². The molecule has 9 aromatic rings. The summed E-state index contributed by atoms with van der Waals surface area (Å²) in [4.78, 5) is 15.3. The van der Waals surface area contributed by atoms with Gasteiger partial charge in [-0.15, -0.1) is 0 Å². The van der Waals surface area contributed by atoms with Gasteiger partial charge in [0.1, 0.15) is 22.3 Å². The van der Waals surface area contributed by atoms with E-state index in [-0.39, 0.29) is 0 Å². The third-order valence-corrected chi connectivity index (χ3v) is 8.22. The van der Waals surface area contributed by atoms with Crippen molar-refractivity contribution in [1.82, 2.24) is 15.0 Å². The number of fused-ring (bicyclic) bond motifs is 7. The fourth-order valence-corrected chi connectivity index (χ4v) is 6.18. The molecule has 0 aliphatic rings. The second kappa shape index (κ2) is 9.24. The summed E-state index contributed by atoms with van der Waals surface area (Å²) in [7, 11) is 0. The summed E-state index contributed by atoms with van der Waals surface area (Å²) in [5.41, 5.74) is 5.71. The second-order valence-corrected chi connectivity index (χ2v) is 11.0. The second-order valence-electron chi connectivity index (χ2n) is 10.6. The Labute approximate surface area is 250 Å². The molecule has 5 nitrogen and oxygen atoms in total. The first-order valence-corrected chi connectivity index (χ1v) is 14.3. The molecule has 0 spiro atoms. The summed E-state index contributed by atoms with van der Waals surface area (Å²) in [6.07, 6.45) is 0. The summed E-state index contributed by atoms with van der Waals surface area (Å²) in [6.45, 7) is 0. The third kappa shape index (κ3) is 3.83. The van der Waals surface area contributed by atoms with E-state index in [0.29, 0.717) is 28.1 Å². The summed E-state index contributed by atoms with van der Waals surface area (Å²) in [5.74, 6) is 1.71. The monoisotopic (exact) mass is 573 g/mol. The molecule has 202 valence electrons. The Balaban J connectivity index is 1.36. The lowest BCUT2D eigenvalue weighted by Crippen LogP contribution is -2.00. The first-order valence-electron chi connectivity index (χ1n) is 14.0. The van der Waals surface area contributed by atoms with E-state index in [1.54, 1.807) is 0 Å². The molecule has 43 heavy (non-hydrogen) atoms. The topological polar surface area (TPSA) is 65.0 Å². The SMILES string of the molecule is Clc1ccc2c(c1)oc1cccc(-c3nc(-c4ccc5ccccc5c4)nc(-c4cccc5oc6ccccc6c45)n3)c12. The van der Waals surface area contributed by atoms with Gasteiger partial charge < -0.3 is 8.83 Å². The lowest BCUT2D eigenvalue weighted by atomic mass is 10.0. The van der Waals surface area contributed by atoms with E-state index in [9.17, 15) is 0 Å². The summed E-state index contributed by atoms with van der Waals surface area (Å²) < 4.78 is 12.4. The summed E-state index contributed by atoms with van der Waals surface area (Å²) >= 11 is 6.30. The average Bonchev–Trinajstić information content (AvgIpc) is 3.62. The van der Waals surface area contributed by atoms with Crippen molar-refractivity contribution >= 4 is 66.3 Å². The molecular weight excluding hydrogens is 554 g/mol. The van der Waals surface area contributed by atoms with Crippen LogP contribution in [0.2, 0.25) is 5.02 Å². The Morgan fingerprint density at radius 1 is 0.442 bits per heavy atom. The predicted octanol–water partition coefficient (Wildman–Crippen LogP) is 10.5. The van der Waals surface area contributed by atoms with Gasteiger partial charge in [0.05, 0.1) is 0 Å². The molecule has 0 bridgehead atoms. The van der Waals surface area contributed by atoms with Crippen LogP contribution in [0, 0.1) is 0 Å². The molecule has 6 aromatic carbocycles. The Kier molecular flexibility index (Phi) is 5.18. The molecule has 0 aliphatic heterocycles. The number of nitrogens with zero attached hydrogens (tertiary/aromatic N) is 3. The number of aromatic nitrogens is 3.